The van der Waals surface area contributed by atoms with E-state index in [1.807, 2.05) is 0 Å². The number of aliphatic hydroxyl groups excluding tert-OH is 1. The highest BCUT2D eigenvalue weighted by atomic mass is 16.6. The van der Waals surface area contributed by atoms with E-state index < -0.39 is 58.8 Å². The first-order valence-electron chi connectivity index (χ1n) is 7.36. The number of hydrogen-bond donors (Lipinski definition) is 7. The number of ether oxygens (including phenoxy) is 2. The van der Waals surface area contributed by atoms with Crippen molar-refractivity contribution in [2.75, 3.05) is 6.61 Å². The number of esters is 2. The predicted molar refractivity (Wildman–Crippen MR) is 89.3 cm³/mol. The summed E-state index contributed by atoms with van der Waals surface area (Å²) < 4.78 is 9.24. The molecule has 11 heteroatoms. The van der Waals surface area contributed by atoms with E-state index in [9.17, 15) is 45.3 Å². The molecule has 0 atom stereocenters. The van der Waals surface area contributed by atoms with E-state index in [2.05, 4.69) is 9.47 Å². The summed E-state index contributed by atoms with van der Waals surface area (Å²) in [4.78, 5) is 23.5. The molecule has 0 bridgehead atoms. The highest BCUT2D eigenvalue weighted by Gasteiger charge is 2.16. The van der Waals surface area contributed by atoms with E-state index in [1.165, 1.54) is 0 Å². The second-order valence-electron chi connectivity index (χ2n) is 5.32. The van der Waals surface area contributed by atoms with Crippen LogP contribution in [0.2, 0.25) is 0 Å². The quantitative estimate of drug-likeness (QED) is 0.220. The molecule has 2 aromatic rings. The molecule has 28 heavy (non-hydrogen) atoms. The van der Waals surface area contributed by atoms with Crippen molar-refractivity contribution in [2.45, 2.75) is 0 Å². The second-order valence-corrected chi connectivity index (χ2v) is 5.32. The number of carbonyl (C=O) groups excluding carboxylic acids is 2. The van der Waals surface area contributed by atoms with E-state index in [4.69, 9.17) is 0 Å². The maximum absolute atomic E-state index is 11.8. The van der Waals surface area contributed by atoms with Crippen LogP contribution in [-0.4, -0.2) is 54.3 Å². The Balaban J connectivity index is 1.97. The van der Waals surface area contributed by atoms with Gasteiger partial charge in [0.05, 0.1) is 11.1 Å². The summed E-state index contributed by atoms with van der Waals surface area (Å²) in [6.07, 6.45) is 0.530. The monoisotopic (exact) mass is 394 g/mol. The minimum absolute atomic E-state index is 0.326. The molecule has 148 valence electrons. The van der Waals surface area contributed by atoms with Crippen molar-refractivity contribution in [3.8, 4) is 34.5 Å². The van der Waals surface area contributed by atoms with Gasteiger partial charge in [-0.3, -0.25) is 0 Å². The normalized spacial score (nSPS) is 11.1. The number of benzene rings is 2. The molecule has 0 fully saturated rings. The molecule has 0 aliphatic heterocycles. The molecule has 0 saturated carbocycles. The molecule has 7 N–H and O–H groups in total. The Morgan fingerprint density at radius 3 is 1.57 bits per heavy atom. The summed E-state index contributed by atoms with van der Waals surface area (Å²) in [6.45, 7) is -0.749. The topological polar surface area (TPSA) is 194 Å². The van der Waals surface area contributed by atoms with E-state index in [0.717, 1.165) is 24.3 Å². The van der Waals surface area contributed by atoms with Crippen molar-refractivity contribution in [3.05, 3.63) is 47.4 Å². The van der Waals surface area contributed by atoms with E-state index in [-0.39, 0.29) is 11.1 Å². The van der Waals surface area contributed by atoms with Crippen molar-refractivity contribution in [1.82, 2.24) is 0 Å². The van der Waals surface area contributed by atoms with E-state index in [0.29, 0.717) is 6.26 Å². The standard InChI is InChI=1S/C17H14O11/c18-9(5-27-16(25)7-1-10(19)14(23)11(20)2-7)6-28-17(26)8-3-12(21)15(24)13(22)4-8/h1-5,18-24H,6H2/b9-5-. The van der Waals surface area contributed by atoms with Crippen LogP contribution in [0.3, 0.4) is 0 Å². The highest BCUT2D eigenvalue weighted by molar-refractivity contribution is 5.92. The van der Waals surface area contributed by atoms with Crippen LogP contribution in [0.1, 0.15) is 20.7 Å². The molecule has 0 saturated heterocycles. The molecule has 0 aliphatic rings. The van der Waals surface area contributed by atoms with Gasteiger partial charge in [0.1, 0.15) is 6.26 Å². The number of aliphatic hydroxyl groups is 1. The summed E-state index contributed by atoms with van der Waals surface area (Å²) in [5.74, 6) is -7.61. The number of carbonyl (C=O) groups is 2. The molecule has 0 aliphatic carbocycles. The fourth-order valence-corrected chi connectivity index (χ4v) is 1.89. The fourth-order valence-electron chi connectivity index (χ4n) is 1.89. The average molecular weight is 394 g/mol. The van der Waals surface area contributed by atoms with E-state index in [1.54, 1.807) is 0 Å². The Labute approximate surface area is 156 Å². The Hall–Kier alpha value is -4.28. The van der Waals surface area contributed by atoms with Crippen molar-refractivity contribution in [1.29, 1.82) is 0 Å². The van der Waals surface area contributed by atoms with Crippen LogP contribution in [0.5, 0.6) is 34.5 Å². The fraction of sp³-hybridized carbons (Fsp3) is 0.0588. The summed E-state index contributed by atoms with van der Waals surface area (Å²) in [5.41, 5.74) is -0.670. The Morgan fingerprint density at radius 2 is 1.14 bits per heavy atom. The van der Waals surface area contributed by atoms with Gasteiger partial charge in [-0.25, -0.2) is 9.59 Å². The van der Waals surface area contributed by atoms with Gasteiger partial charge in [-0.1, -0.05) is 0 Å². The van der Waals surface area contributed by atoms with Crippen LogP contribution in [0.25, 0.3) is 0 Å². The molecule has 2 aromatic carbocycles. The first kappa shape index (κ1) is 20.0. The maximum atomic E-state index is 11.8. The van der Waals surface area contributed by atoms with Gasteiger partial charge in [0, 0.05) is 0 Å². The second kappa shape index (κ2) is 7.95. The predicted octanol–water partition coefficient (Wildman–Crippen LogP) is 1.33. The Bertz CT molecular complexity index is 916. The number of aromatic hydroxyl groups is 6. The van der Waals surface area contributed by atoms with Crippen molar-refractivity contribution in [2.24, 2.45) is 0 Å². The molecular weight excluding hydrogens is 380 g/mol. The third-order valence-corrected chi connectivity index (χ3v) is 3.26. The van der Waals surface area contributed by atoms with Crippen LogP contribution in [0.4, 0.5) is 0 Å². The van der Waals surface area contributed by atoms with Gasteiger partial charge in [0.15, 0.2) is 46.9 Å². The first-order valence-corrected chi connectivity index (χ1v) is 7.36. The van der Waals surface area contributed by atoms with Crippen LogP contribution < -0.4 is 0 Å². The zero-order valence-corrected chi connectivity index (χ0v) is 13.9. The molecule has 0 unspecified atom stereocenters. The molecule has 11 nitrogen and oxygen atoms in total. The van der Waals surface area contributed by atoms with Crippen LogP contribution in [0, 0.1) is 0 Å². The van der Waals surface area contributed by atoms with Crippen molar-refractivity contribution >= 4 is 11.9 Å². The molecular formula is C17H14O11. The summed E-state index contributed by atoms with van der Waals surface area (Å²) in [6, 6.07) is 3.27. The molecule has 0 amide bonds. The smallest absolute Gasteiger partial charge is 0.343 e. The van der Waals surface area contributed by atoms with E-state index >= 15 is 0 Å². The van der Waals surface area contributed by atoms with Crippen LogP contribution in [0.15, 0.2) is 36.3 Å². The molecule has 0 aromatic heterocycles. The van der Waals surface area contributed by atoms with Crippen LogP contribution >= 0.6 is 0 Å². The third kappa shape index (κ3) is 4.46. The number of phenols is 6. The Kier molecular flexibility index (Phi) is 5.69. The Morgan fingerprint density at radius 1 is 0.750 bits per heavy atom. The number of hydrogen-bond acceptors (Lipinski definition) is 11. The van der Waals surface area contributed by atoms with Gasteiger partial charge in [0.25, 0.3) is 0 Å². The van der Waals surface area contributed by atoms with Gasteiger partial charge < -0.3 is 45.2 Å². The lowest BCUT2D eigenvalue weighted by atomic mass is 10.2. The third-order valence-electron chi connectivity index (χ3n) is 3.26. The average Bonchev–Trinajstić information content (AvgIpc) is 2.65. The minimum Gasteiger partial charge on any atom is -0.506 e. The largest absolute Gasteiger partial charge is 0.506 e. The lowest BCUT2D eigenvalue weighted by molar-refractivity contribution is 0.0487. The SMILES string of the molecule is O=C(O/C=C(\O)COC(=O)c1cc(O)c(O)c(O)c1)c1cc(O)c(O)c(O)c1. The molecule has 2 rings (SSSR count). The zero-order valence-electron chi connectivity index (χ0n) is 13.9. The highest BCUT2D eigenvalue weighted by Crippen LogP contribution is 2.36. The van der Waals surface area contributed by atoms with Gasteiger partial charge >= 0.3 is 11.9 Å². The minimum atomic E-state index is -1.11. The van der Waals surface area contributed by atoms with Gasteiger partial charge in [-0.2, -0.15) is 0 Å². The lowest BCUT2D eigenvalue weighted by Gasteiger charge is -2.07. The zero-order chi connectivity index (χ0) is 21.0. The van der Waals surface area contributed by atoms with Gasteiger partial charge in [0.2, 0.25) is 0 Å². The number of rotatable bonds is 5. The summed E-state index contributed by atoms with van der Waals surface area (Å²) >= 11 is 0. The number of phenolic OH excluding ortho intramolecular Hbond substituents is 6. The molecule has 0 heterocycles. The molecule has 0 spiro atoms. The van der Waals surface area contributed by atoms with Gasteiger partial charge in [-0.05, 0) is 24.3 Å². The van der Waals surface area contributed by atoms with Crippen molar-refractivity contribution in [3.63, 3.8) is 0 Å². The van der Waals surface area contributed by atoms with Crippen molar-refractivity contribution < 1.29 is 54.8 Å². The summed E-state index contributed by atoms with van der Waals surface area (Å²) in [5, 5.41) is 65.3. The lowest BCUT2D eigenvalue weighted by Crippen LogP contribution is -2.09. The summed E-state index contributed by atoms with van der Waals surface area (Å²) in [7, 11) is 0. The van der Waals surface area contributed by atoms with Gasteiger partial charge in [-0.15, -0.1) is 0 Å². The maximum Gasteiger partial charge on any atom is 0.343 e. The van der Waals surface area contributed by atoms with Crippen LogP contribution in [-0.2, 0) is 9.47 Å². The first-order chi connectivity index (χ1) is 13.1. The molecule has 0 radical (unpaired) electrons.